The standard InChI is InChI=1S/C22H29N3O2S/c1-3-16-4-5-18(23-10-16)12-25-8-6-19-20(15-28-21(19)13-25)22(26)24(2)11-17-7-9-27-14-17/h4-5,10,15,17H,3,6-9,11-14H2,1-2H3. The van der Waals surface area contributed by atoms with Crippen LogP contribution in [0.3, 0.4) is 0 Å². The minimum Gasteiger partial charge on any atom is -0.381 e. The molecule has 0 N–H and O–H groups in total. The van der Waals surface area contributed by atoms with Crippen LogP contribution < -0.4 is 0 Å². The summed E-state index contributed by atoms with van der Waals surface area (Å²) in [6, 6.07) is 4.31. The maximum atomic E-state index is 13.0. The largest absolute Gasteiger partial charge is 0.381 e. The summed E-state index contributed by atoms with van der Waals surface area (Å²) < 4.78 is 5.45. The molecule has 150 valence electrons. The smallest absolute Gasteiger partial charge is 0.254 e. The predicted molar refractivity (Wildman–Crippen MR) is 112 cm³/mol. The molecule has 28 heavy (non-hydrogen) atoms. The molecule has 1 unspecified atom stereocenters. The first-order chi connectivity index (χ1) is 13.6. The van der Waals surface area contributed by atoms with Crippen LogP contribution >= 0.6 is 11.3 Å². The van der Waals surface area contributed by atoms with Crippen LogP contribution in [0.4, 0.5) is 0 Å². The Morgan fingerprint density at radius 1 is 1.43 bits per heavy atom. The molecule has 4 rings (SSSR count). The highest BCUT2D eigenvalue weighted by Gasteiger charge is 2.27. The first-order valence-electron chi connectivity index (χ1n) is 10.2. The van der Waals surface area contributed by atoms with Crippen LogP contribution in [0.1, 0.15) is 45.4 Å². The van der Waals surface area contributed by atoms with E-state index in [0.29, 0.717) is 5.92 Å². The molecule has 1 atom stereocenters. The molecule has 1 amide bonds. The molecule has 5 nitrogen and oxygen atoms in total. The monoisotopic (exact) mass is 399 g/mol. The van der Waals surface area contributed by atoms with Gasteiger partial charge in [-0.25, -0.2) is 0 Å². The van der Waals surface area contributed by atoms with Gasteiger partial charge in [0.25, 0.3) is 5.91 Å². The van der Waals surface area contributed by atoms with E-state index in [1.54, 1.807) is 11.3 Å². The number of ether oxygens (including phenoxy) is 1. The van der Waals surface area contributed by atoms with E-state index in [-0.39, 0.29) is 5.91 Å². The quantitative estimate of drug-likeness (QED) is 0.747. The Morgan fingerprint density at radius 3 is 3.04 bits per heavy atom. The molecular formula is C22H29N3O2S. The summed E-state index contributed by atoms with van der Waals surface area (Å²) in [6.07, 6.45) is 5.00. The van der Waals surface area contributed by atoms with Crippen LogP contribution in [-0.4, -0.2) is 54.0 Å². The average molecular weight is 400 g/mol. The lowest BCUT2D eigenvalue weighted by Gasteiger charge is -2.27. The number of amides is 1. The molecule has 2 aromatic rings. The SMILES string of the molecule is CCc1ccc(CN2CCc3c(C(=O)N(C)CC4CCOC4)csc3C2)nc1. The first kappa shape index (κ1) is 19.6. The summed E-state index contributed by atoms with van der Waals surface area (Å²) in [5, 5.41) is 2.06. The molecule has 6 heteroatoms. The van der Waals surface area contributed by atoms with Gasteiger partial charge in [-0.2, -0.15) is 0 Å². The number of pyridine rings is 1. The third-order valence-corrected chi connectivity index (χ3v) is 6.85. The van der Waals surface area contributed by atoms with Crippen molar-refractivity contribution >= 4 is 17.2 Å². The fourth-order valence-corrected chi connectivity index (χ4v) is 5.20. The highest BCUT2D eigenvalue weighted by Crippen LogP contribution is 2.30. The van der Waals surface area contributed by atoms with Gasteiger partial charge in [-0.15, -0.1) is 11.3 Å². The van der Waals surface area contributed by atoms with Crippen LogP contribution in [0.5, 0.6) is 0 Å². The summed E-state index contributed by atoms with van der Waals surface area (Å²) in [4.78, 5) is 23.2. The van der Waals surface area contributed by atoms with Crippen molar-refractivity contribution in [1.29, 1.82) is 0 Å². The molecule has 0 aliphatic carbocycles. The van der Waals surface area contributed by atoms with Gasteiger partial charge in [0, 0.05) is 62.2 Å². The Morgan fingerprint density at radius 2 is 2.32 bits per heavy atom. The number of thiophene rings is 1. The van der Waals surface area contributed by atoms with Gasteiger partial charge in [-0.05, 0) is 36.5 Å². The van der Waals surface area contributed by atoms with Crippen LogP contribution in [0.15, 0.2) is 23.7 Å². The number of hydrogen-bond donors (Lipinski definition) is 0. The fourth-order valence-electron chi connectivity index (χ4n) is 4.09. The molecule has 2 aliphatic heterocycles. The highest BCUT2D eigenvalue weighted by atomic mass is 32.1. The second kappa shape index (κ2) is 8.72. The van der Waals surface area contributed by atoms with Crippen LogP contribution in [0.2, 0.25) is 0 Å². The second-order valence-electron chi connectivity index (χ2n) is 7.94. The van der Waals surface area contributed by atoms with Gasteiger partial charge in [0.15, 0.2) is 0 Å². The molecular weight excluding hydrogens is 370 g/mol. The topological polar surface area (TPSA) is 45.7 Å². The van der Waals surface area contributed by atoms with Crippen molar-refractivity contribution in [3.05, 3.63) is 51.0 Å². The maximum absolute atomic E-state index is 13.0. The first-order valence-corrected chi connectivity index (χ1v) is 11.1. The summed E-state index contributed by atoms with van der Waals surface area (Å²) in [6.45, 7) is 7.29. The minimum absolute atomic E-state index is 0.162. The zero-order valence-electron chi connectivity index (χ0n) is 16.8. The summed E-state index contributed by atoms with van der Waals surface area (Å²) in [7, 11) is 1.92. The van der Waals surface area contributed by atoms with E-state index in [0.717, 1.165) is 69.9 Å². The van der Waals surface area contributed by atoms with Gasteiger partial charge in [0.05, 0.1) is 17.9 Å². The van der Waals surface area contributed by atoms with Gasteiger partial charge in [-0.1, -0.05) is 13.0 Å². The molecule has 0 radical (unpaired) electrons. The molecule has 0 saturated carbocycles. The van der Waals surface area contributed by atoms with Crippen molar-refractivity contribution in [3.63, 3.8) is 0 Å². The maximum Gasteiger partial charge on any atom is 0.254 e. The molecule has 2 aliphatic rings. The number of fused-ring (bicyclic) bond motifs is 1. The predicted octanol–water partition coefficient (Wildman–Crippen LogP) is 3.37. The van der Waals surface area contributed by atoms with Crippen molar-refractivity contribution < 1.29 is 9.53 Å². The van der Waals surface area contributed by atoms with E-state index < -0.39 is 0 Å². The lowest BCUT2D eigenvalue weighted by molar-refractivity contribution is 0.0764. The number of carbonyl (C=O) groups excluding carboxylic acids is 1. The fraction of sp³-hybridized carbons (Fsp3) is 0.545. The van der Waals surface area contributed by atoms with Crippen molar-refractivity contribution in [1.82, 2.24) is 14.8 Å². The van der Waals surface area contributed by atoms with Gasteiger partial charge >= 0.3 is 0 Å². The zero-order chi connectivity index (χ0) is 19.5. The van der Waals surface area contributed by atoms with Gasteiger partial charge < -0.3 is 9.64 Å². The molecule has 0 bridgehead atoms. The molecule has 1 fully saturated rings. The van der Waals surface area contributed by atoms with Crippen molar-refractivity contribution in [2.75, 3.05) is 33.4 Å². The number of carbonyl (C=O) groups is 1. The Balaban J connectivity index is 1.38. The Kier molecular flexibility index (Phi) is 6.09. The van der Waals surface area contributed by atoms with Crippen LogP contribution in [0.25, 0.3) is 0 Å². The third kappa shape index (κ3) is 4.29. The number of aromatic nitrogens is 1. The normalized spacial score (nSPS) is 19.6. The molecule has 1 saturated heterocycles. The zero-order valence-corrected chi connectivity index (χ0v) is 17.6. The molecule has 0 spiro atoms. The summed E-state index contributed by atoms with van der Waals surface area (Å²) in [5.41, 5.74) is 4.56. The van der Waals surface area contributed by atoms with Crippen LogP contribution in [0, 0.1) is 5.92 Å². The van der Waals surface area contributed by atoms with Crippen molar-refractivity contribution in [2.24, 2.45) is 5.92 Å². The summed E-state index contributed by atoms with van der Waals surface area (Å²) >= 11 is 1.73. The molecule has 2 aromatic heterocycles. The highest BCUT2D eigenvalue weighted by molar-refractivity contribution is 7.10. The lowest BCUT2D eigenvalue weighted by atomic mass is 10.0. The Hall–Kier alpha value is -1.76. The van der Waals surface area contributed by atoms with Crippen molar-refractivity contribution in [3.8, 4) is 0 Å². The van der Waals surface area contributed by atoms with E-state index in [1.807, 2.05) is 18.1 Å². The van der Waals surface area contributed by atoms with Gasteiger partial charge in [0.2, 0.25) is 0 Å². The molecule has 0 aromatic carbocycles. The number of nitrogens with zero attached hydrogens (tertiary/aromatic N) is 3. The Bertz CT molecular complexity index is 812. The van der Waals surface area contributed by atoms with E-state index in [1.165, 1.54) is 16.0 Å². The third-order valence-electron chi connectivity index (χ3n) is 5.84. The van der Waals surface area contributed by atoms with E-state index in [9.17, 15) is 4.79 Å². The van der Waals surface area contributed by atoms with Crippen LogP contribution in [-0.2, 0) is 30.7 Å². The van der Waals surface area contributed by atoms with Crippen molar-refractivity contribution in [2.45, 2.75) is 39.3 Å². The Labute approximate surface area is 171 Å². The number of hydrogen-bond acceptors (Lipinski definition) is 5. The number of rotatable bonds is 6. The van der Waals surface area contributed by atoms with Gasteiger partial charge in [-0.3, -0.25) is 14.7 Å². The average Bonchev–Trinajstić information content (AvgIpc) is 3.37. The summed E-state index contributed by atoms with van der Waals surface area (Å²) in [5.74, 6) is 0.639. The second-order valence-corrected chi connectivity index (χ2v) is 8.90. The molecule has 4 heterocycles. The van der Waals surface area contributed by atoms with E-state index in [4.69, 9.17) is 4.74 Å². The lowest BCUT2D eigenvalue weighted by Crippen LogP contribution is -2.34. The van der Waals surface area contributed by atoms with Gasteiger partial charge in [0.1, 0.15) is 0 Å². The van der Waals surface area contributed by atoms with E-state index in [2.05, 4.69) is 34.3 Å². The van der Waals surface area contributed by atoms with E-state index >= 15 is 0 Å². The minimum atomic E-state index is 0.162. The number of aryl methyl sites for hydroxylation is 1.